The maximum Gasteiger partial charge on any atom is 0.191 e. The Morgan fingerprint density at radius 1 is 1.16 bits per heavy atom. The minimum atomic E-state index is 0.418. The van der Waals surface area contributed by atoms with Crippen LogP contribution in [0.25, 0.3) is 0 Å². The Morgan fingerprint density at radius 2 is 2.00 bits per heavy atom. The highest BCUT2D eigenvalue weighted by Crippen LogP contribution is 2.24. The molecule has 4 rings (SSSR count). The standard InChI is InChI=1S/C24H30N4O2S/c1-29-21-8-6-19(7-9-21)18-26-24(25-13-10-22-4-2-16-30-22)27-20-11-14-28(15-12-20)23-5-3-17-31-23/h2-9,16-17,20H,10-15,18H2,1H3,(H2,25,26,27). The summed E-state index contributed by atoms with van der Waals surface area (Å²) in [4.78, 5) is 7.32. The smallest absolute Gasteiger partial charge is 0.191 e. The number of aliphatic imine (C=N–C) groups is 1. The van der Waals surface area contributed by atoms with E-state index in [2.05, 4.69) is 45.2 Å². The van der Waals surface area contributed by atoms with Gasteiger partial charge in [-0.25, -0.2) is 4.99 Å². The van der Waals surface area contributed by atoms with Crippen molar-refractivity contribution in [3.8, 4) is 5.75 Å². The summed E-state index contributed by atoms with van der Waals surface area (Å²) in [5, 5.41) is 10.6. The SMILES string of the molecule is COc1ccc(CN=C(NCCc2ccco2)NC2CCN(c3cccs3)CC2)cc1. The van der Waals surface area contributed by atoms with Crippen LogP contribution < -0.4 is 20.3 Å². The van der Waals surface area contributed by atoms with Crippen LogP contribution in [0.3, 0.4) is 0 Å². The van der Waals surface area contributed by atoms with Crippen molar-refractivity contribution >= 4 is 22.3 Å². The Hall–Kier alpha value is -2.93. The highest BCUT2D eigenvalue weighted by molar-refractivity contribution is 7.14. The Morgan fingerprint density at radius 3 is 2.68 bits per heavy atom. The predicted octanol–water partition coefficient (Wildman–Crippen LogP) is 4.30. The number of benzene rings is 1. The first-order valence-corrected chi connectivity index (χ1v) is 11.7. The van der Waals surface area contributed by atoms with Gasteiger partial charge in [-0.3, -0.25) is 0 Å². The zero-order chi connectivity index (χ0) is 21.3. The van der Waals surface area contributed by atoms with Crippen LogP contribution in [-0.4, -0.2) is 38.7 Å². The zero-order valence-corrected chi connectivity index (χ0v) is 18.7. The Kier molecular flexibility index (Phi) is 7.50. The van der Waals surface area contributed by atoms with Crippen molar-refractivity contribution in [1.82, 2.24) is 10.6 Å². The summed E-state index contributed by atoms with van der Waals surface area (Å²) in [7, 11) is 1.68. The summed E-state index contributed by atoms with van der Waals surface area (Å²) >= 11 is 1.81. The van der Waals surface area contributed by atoms with Crippen molar-refractivity contribution in [2.45, 2.75) is 31.8 Å². The third kappa shape index (κ3) is 6.28. The maximum absolute atomic E-state index is 5.45. The monoisotopic (exact) mass is 438 g/mol. The van der Waals surface area contributed by atoms with Gasteiger partial charge in [0.25, 0.3) is 0 Å². The van der Waals surface area contributed by atoms with Gasteiger partial charge in [-0.2, -0.15) is 0 Å². The lowest BCUT2D eigenvalue weighted by molar-refractivity contribution is 0.414. The van der Waals surface area contributed by atoms with Crippen molar-refractivity contribution in [3.05, 3.63) is 71.5 Å². The maximum atomic E-state index is 5.45. The van der Waals surface area contributed by atoms with Crippen molar-refractivity contribution in [2.24, 2.45) is 4.99 Å². The topological polar surface area (TPSA) is 62.0 Å². The molecule has 3 heterocycles. The van der Waals surface area contributed by atoms with E-state index >= 15 is 0 Å². The van der Waals surface area contributed by atoms with E-state index in [1.54, 1.807) is 13.4 Å². The molecule has 6 nitrogen and oxygen atoms in total. The molecule has 1 fully saturated rings. The number of guanidine groups is 1. The number of ether oxygens (including phenoxy) is 1. The number of hydrogen-bond acceptors (Lipinski definition) is 5. The molecule has 1 aliphatic rings. The number of nitrogens with zero attached hydrogens (tertiary/aromatic N) is 2. The van der Waals surface area contributed by atoms with Crippen LogP contribution >= 0.6 is 11.3 Å². The summed E-state index contributed by atoms with van der Waals surface area (Å²) in [6.07, 6.45) is 4.74. The van der Waals surface area contributed by atoms with Gasteiger partial charge in [-0.05, 0) is 60.2 Å². The van der Waals surface area contributed by atoms with E-state index in [-0.39, 0.29) is 0 Å². The number of thiophene rings is 1. The minimum absolute atomic E-state index is 0.418. The molecule has 3 aromatic rings. The molecule has 0 bridgehead atoms. The number of anilines is 1. The Labute approximate surface area is 187 Å². The molecule has 2 aromatic heterocycles. The molecule has 1 aromatic carbocycles. The first kappa shape index (κ1) is 21.3. The molecule has 0 saturated carbocycles. The lowest BCUT2D eigenvalue weighted by Gasteiger charge is -2.33. The predicted molar refractivity (Wildman–Crippen MR) is 127 cm³/mol. The summed E-state index contributed by atoms with van der Waals surface area (Å²) < 4.78 is 10.7. The van der Waals surface area contributed by atoms with Gasteiger partial charge in [-0.15, -0.1) is 11.3 Å². The van der Waals surface area contributed by atoms with Crippen molar-refractivity contribution in [2.75, 3.05) is 31.6 Å². The summed E-state index contributed by atoms with van der Waals surface area (Å²) in [5.74, 6) is 2.70. The quantitative estimate of drug-likeness (QED) is 0.406. The van der Waals surface area contributed by atoms with E-state index in [9.17, 15) is 0 Å². The van der Waals surface area contributed by atoms with Crippen LogP contribution in [0.5, 0.6) is 5.75 Å². The molecule has 0 radical (unpaired) electrons. The van der Waals surface area contributed by atoms with Crippen molar-refractivity contribution < 1.29 is 9.15 Å². The second kappa shape index (κ2) is 10.9. The minimum Gasteiger partial charge on any atom is -0.497 e. The molecule has 1 saturated heterocycles. The third-order valence-electron chi connectivity index (χ3n) is 5.48. The summed E-state index contributed by atoms with van der Waals surface area (Å²) in [6.45, 7) is 3.52. The van der Waals surface area contributed by atoms with E-state index in [0.29, 0.717) is 12.6 Å². The van der Waals surface area contributed by atoms with Gasteiger partial charge in [-0.1, -0.05) is 12.1 Å². The summed E-state index contributed by atoms with van der Waals surface area (Å²) in [5.41, 5.74) is 1.15. The zero-order valence-electron chi connectivity index (χ0n) is 17.9. The number of piperidine rings is 1. The molecule has 1 aliphatic heterocycles. The average Bonchev–Trinajstić information content (AvgIpc) is 3.53. The molecule has 0 atom stereocenters. The lowest BCUT2D eigenvalue weighted by atomic mass is 10.1. The molecular weight excluding hydrogens is 408 g/mol. The van der Waals surface area contributed by atoms with Crippen LogP contribution in [0.2, 0.25) is 0 Å². The molecular formula is C24H30N4O2S. The highest BCUT2D eigenvalue weighted by atomic mass is 32.1. The van der Waals surface area contributed by atoms with Gasteiger partial charge in [0.05, 0.1) is 24.9 Å². The second-order valence-corrected chi connectivity index (χ2v) is 8.55. The van der Waals surface area contributed by atoms with Crippen molar-refractivity contribution in [1.29, 1.82) is 0 Å². The van der Waals surface area contributed by atoms with Gasteiger partial charge < -0.3 is 24.7 Å². The van der Waals surface area contributed by atoms with Crippen LogP contribution in [0, 0.1) is 0 Å². The van der Waals surface area contributed by atoms with Gasteiger partial charge in [0.1, 0.15) is 11.5 Å². The fraction of sp³-hybridized carbons (Fsp3) is 0.375. The van der Waals surface area contributed by atoms with E-state index in [0.717, 1.165) is 61.9 Å². The number of rotatable bonds is 8. The molecule has 164 valence electrons. The third-order valence-corrected chi connectivity index (χ3v) is 6.41. The molecule has 0 spiro atoms. The molecule has 2 N–H and O–H groups in total. The molecule has 7 heteroatoms. The van der Waals surface area contributed by atoms with Gasteiger partial charge in [0.15, 0.2) is 5.96 Å². The van der Waals surface area contributed by atoms with Crippen LogP contribution in [0.15, 0.2) is 69.6 Å². The van der Waals surface area contributed by atoms with E-state index in [1.807, 2.05) is 35.6 Å². The van der Waals surface area contributed by atoms with Gasteiger partial charge >= 0.3 is 0 Å². The normalized spacial score (nSPS) is 15.1. The van der Waals surface area contributed by atoms with E-state index in [4.69, 9.17) is 14.1 Å². The molecule has 31 heavy (non-hydrogen) atoms. The number of nitrogens with one attached hydrogen (secondary N) is 2. The van der Waals surface area contributed by atoms with Crippen LogP contribution in [0.1, 0.15) is 24.2 Å². The largest absolute Gasteiger partial charge is 0.497 e. The average molecular weight is 439 g/mol. The van der Waals surface area contributed by atoms with E-state index in [1.165, 1.54) is 5.00 Å². The number of hydrogen-bond donors (Lipinski definition) is 2. The number of furan rings is 1. The molecule has 0 unspecified atom stereocenters. The molecule has 0 amide bonds. The van der Waals surface area contributed by atoms with Gasteiger partial charge in [0, 0.05) is 32.1 Å². The van der Waals surface area contributed by atoms with Crippen LogP contribution in [0.4, 0.5) is 5.00 Å². The lowest BCUT2D eigenvalue weighted by Crippen LogP contribution is -2.49. The van der Waals surface area contributed by atoms with Gasteiger partial charge in [0.2, 0.25) is 0 Å². The van der Waals surface area contributed by atoms with Crippen LogP contribution in [-0.2, 0) is 13.0 Å². The first-order chi connectivity index (χ1) is 15.3. The molecule has 0 aliphatic carbocycles. The number of methoxy groups -OCH3 is 1. The van der Waals surface area contributed by atoms with E-state index < -0.39 is 0 Å². The highest BCUT2D eigenvalue weighted by Gasteiger charge is 2.20. The fourth-order valence-corrected chi connectivity index (χ4v) is 4.49. The Bertz CT molecular complexity index is 915. The fourth-order valence-electron chi connectivity index (χ4n) is 3.70. The second-order valence-electron chi connectivity index (χ2n) is 7.63. The Balaban J connectivity index is 1.34. The summed E-state index contributed by atoms with van der Waals surface area (Å²) in [6, 6.07) is 16.7. The first-order valence-electron chi connectivity index (χ1n) is 10.8. The van der Waals surface area contributed by atoms with Crippen molar-refractivity contribution in [3.63, 3.8) is 0 Å².